The van der Waals surface area contributed by atoms with E-state index in [2.05, 4.69) is 0 Å². The first-order chi connectivity index (χ1) is 10.4. The van der Waals surface area contributed by atoms with Gasteiger partial charge < -0.3 is 0 Å². The van der Waals surface area contributed by atoms with Crippen LogP contribution in [-0.4, -0.2) is 27.9 Å². The van der Waals surface area contributed by atoms with E-state index in [4.69, 9.17) is 46.4 Å². The van der Waals surface area contributed by atoms with Gasteiger partial charge in [0.25, 0.3) is 5.82 Å². The Kier molecular flexibility index (Phi) is 5.72. The second kappa shape index (κ2) is 7.18. The van der Waals surface area contributed by atoms with Crippen molar-refractivity contribution < 1.29 is 14.2 Å². The minimum absolute atomic E-state index is 0.0823. The third-order valence-electron chi connectivity index (χ3n) is 3.35. The lowest BCUT2D eigenvalue weighted by Gasteiger charge is -1.99. The van der Waals surface area contributed by atoms with Crippen molar-refractivity contribution in [3.8, 4) is 0 Å². The van der Waals surface area contributed by atoms with Crippen LogP contribution in [0.5, 0.6) is 0 Å². The van der Waals surface area contributed by atoms with Crippen molar-refractivity contribution in [1.82, 2.24) is 4.57 Å². The van der Waals surface area contributed by atoms with Gasteiger partial charge >= 0.3 is 0 Å². The van der Waals surface area contributed by atoms with Crippen molar-refractivity contribution in [2.24, 2.45) is 0 Å². The fourth-order valence-corrected chi connectivity index (χ4v) is 2.77. The molecule has 0 fully saturated rings. The van der Waals surface area contributed by atoms with Gasteiger partial charge in [-0.05, 0) is 0 Å². The van der Waals surface area contributed by atoms with Crippen LogP contribution in [0.1, 0.15) is 5.82 Å². The number of aromatic nitrogens is 2. The fourth-order valence-electron chi connectivity index (χ4n) is 2.29. The maximum absolute atomic E-state index is 11.7. The largest absolute Gasteiger partial charge is 0.294 e. The van der Waals surface area contributed by atoms with E-state index < -0.39 is 0 Å². The highest BCUT2D eigenvalue weighted by atomic mass is 35.5. The van der Waals surface area contributed by atoms with E-state index >= 15 is 0 Å². The van der Waals surface area contributed by atoms with Crippen LogP contribution in [-0.2, 0) is 22.7 Å². The smallest absolute Gasteiger partial charge is 0.255 e. The molecule has 0 aliphatic carbocycles. The Morgan fingerprint density at radius 3 is 2.27 bits per heavy atom. The molecular weight excluding hydrogens is 370 g/mol. The Labute approximate surface area is 147 Å². The van der Waals surface area contributed by atoms with E-state index in [0.717, 1.165) is 5.82 Å². The summed E-state index contributed by atoms with van der Waals surface area (Å²) in [6.45, 7) is 2.02. The molecular formula is C14H13Cl4N2O2+. The highest BCUT2D eigenvalue weighted by Crippen LogP contribution is 2.27. The van der Waals surface area contributed by atoms with Crippen LogP contribution in [0.25, 0.3) is 11.0 Å². The number of carbonyl (C=O) groups is 2. The number of hydrogen-bond acceptors (Lipinski definition) is 2. The van der Waals surface area contributed by atoms with Crippen LogP contribution in [0, 0.1) is 6.92 Å². The molecule has 0 N–H and O–H groups in total. The quantitative estimate of drug-likeness (QED) is 0.568. The number of hydrogen-bond donors (Lipinski definition) is 0. The molecule has 4 nitrogen and oxygen atoms in total. The Morgan fingerprint density at radius 2 is 1.68 bits per heavy atom. The summed E-state index contributed by atoms with van der Waals surface area (Å²) in [5.41, 5.74) is 1.43. The molecule has 2 aromatic rings. The first-order valence-electron chi connectivity index (χ1n) is 6.42. The highest BCUT2D eigenvalue weighted by Gasteiger charge is 2.25. The van der Waals surface area contributed by atoms with Crippen LogP contribution < -0.4 is 4.57 Å². The van der Waals surface area contributed by atoms with Gasteiger partial charge in [-0.3, -0.25) is 9.59 Å². The molecule has 1 heterocycles. The number of carbonyl (C=O) groups excluding carboxylic acids is 2. The van der Waals surface area contributed by atoms with E-state index in [1.54, 1.807) is 21.3 Å². The molecule has 0 bridgehead atoms. The third kappa shape index (κ3) is 3.40. The van der Waals surface area contributed by atoms with Crippen molar-refractivity contribution >= 4 is 69.0 Å². The third-order valence-corrected chi connectivity index (χ3v) is 4.67. The zero-order chi connectivity index (χ0) is 16.4. The maximum atomic E-state index is 11.7. The Morgan fingerprint density at radius 1 is 1.09 bits per heavy atom. The van der Waals surface area contributed by atoms with Crippen LogP contribution in [0.3, 0.4) is 0 Å². The summed E-state index contributed by atoms with van der Waals surface area (Å²) in [4.78, 5) is 23.4. The van der Waals surface area contributed by atoms with Crippen LogP contribution in [0.2, 0.25) is 10.0 Å². The topological polar surface area (TPSA) is 43.0 Å². The van der Waals surface area contributed by atoms with Gasteiger partial charge in [0.2, 0.25) is 0 Å². The van der Waals surface area contributed by atoms with Crippen molar-refractivity contribution in [2.75, 3.05) is 11.8 Å². The molecule has 0 atom stereocenters. The van der Waals surface area contributed by atoms with Crippen LogP contribution >= 0.6 is 46.4 Å². The highest BCUT2D eigenvalue weighted by molar-refractivity contribution is 6.42. The molecule has 0 saturated carbocycles. The molecule has 0 aliphatic heterocycles. The zero-order valence-electron chi connectivity index (χ0n) is 11.7. The number of halogens is 4. The molecule has 1 aromatic heterocycles. The summed E-state index contributed by atoms with van der Waals surface area (Å²) in [5, 5.41) is 0.754. The van der Waals surface area contributed by atoms with Crippen LogP contribution in [0.15, 0.2) is 12.1 Å². The predicted molar refractivity (Wildman–Crippen MR) is 88.3 cm³/mol. The van der Waals surface area contributed by atoms with Gasteiger partial charge in [0.05, 0.1) is 21.8 Å². The number of nitrogens with zero attached hydrogens (tertiary/aromatic N) is 2. The Bertz CT molecular complexity index is 694. The van der Waals surface area contributed by atoms with Crippen molar-refractivity contribution in [3.05, 3.63) is 28.0 Å². The van der Waals surface area contributed by atoms with Gasteiger partial charge in [-0.2, -0.15) is 0 Å². The molecule has 118 valence electrons. The number of benzene rings is 1. The van der Waals surface area contributed by atoms with Gasteiger partial charge in [-0.1, -0.05) is 23.2 Å². The van der Waals surface area contributed by atoms with Crippen molar-refractivity contribution in [1.29, 1.82) is 0 Å². The first kappa shape index (κ1) is 17.5. The second-order valence-electron chi connectivity index (χ2n) is 4.82. The minimum atomic E-state index is -0.136. The molecule has 0 unspecified atom stereocenters. The number of fused-ring (bicyclic) bond motifs is 1. The average Bonchev–Trinajstić information content (AvgIpc) is 2.73. The van der Waals surface area contributed by atoms with E-state index in [9.17, 15) is 9.59 Å². The van der Waals surface area contributed by atoms with E-state index in [-0.39, 0.29) is 36.4 Å². The maximum Gasteiger partial charge on any atom is 0.255 e. The lowest BCUT2D eigenvalue weighted by Crippen LogP contribution is -2.41. The van der Waals surface area contributed by atoms with E-state index in [0.29, 0.717) is 21.1 Å². The lowest BCUT2D eigenvalue weighted by molar-refractivity contribution is -0.665. The Hall–Kier alpha value is -0.810. The SMILES string of the molecule is Cc1n(CC(=O)CCl)c2cc(Cl)c(Cl)cc2[n+]1CC(=O)CCl. The first-order valence-corrected chi connectivity index (χ1v) is 8.24. The van der Waals surface area contributed by atoms with E-state index in [1.807, 2.05) is 6.92 Å². The van der Waals surface area contributed by atoms with E-state index in [1.165, 1.54) is 0 Å². The number of ketones is 2. The monoisotopic (exact) mass is 381 g/mol. The average molecular weight is 383 g/mol. The number of alkyl halides is 2. The molecule has 1 aromatic carbocycles. The van der Waals surface area contributed by atoms with Gasteiger partial charge in [-0.15, -0.1) is 23.2 Å². The molecule has 0 saturated heterocycles. The molecule has 22 heavy (non-hydrogen) atoms. The minimum Gasteiger partial charge on any atom is -0.294 e. The molecule has 0 spiro atoms. The van der Waals surface area contributed by atoms with Gasteiger partial charge in [0.1, 0.15) is 0 Å². The zero-order valence-corrected chi connectivity index (χ0v) is 14.7. The summed E-state index contributed by atoms with van der Waals surface area (Å²) in [5.74, 6) is 0.291. The van der Waals surface area contributed by atoms with Crippen LogP contribution in [0.4, 0.5) is 0 Å². The van der Waals surface area contributed by atoms with Crippen molar-refractivity contribution in [2.45, 2.75) is 20.0 Å². The summed E-state index contributed by atoms with van der Waals surface area (Å²) >= 11 is 23.3. The molecule has 0 radical (unpaired) electrons. The Balaban J connectivity index is 2.67. The molecule has 2 rings (SSSR count). The predicted octanol–water partition coefficient (Wildman–Crippen LogP) is 3.16. The summed E-state index contributed by atoms with van der Waals surface area (Å²) < 4.78 is 3.54. The summed E-state index contributed by atoms with van der Waals surface area (Å²) in [7, 11) is 0. The standard InChI is InChI=1S/C14H13Cl4N2O2/c1-8-19(6-9(21)4-15)13-2-11(17)12(18)3-14(13)20(8)7-10(22)5-16/h2-3H,4-7H2,1H3/q+1. The molecule has 0 aliphatic rings. The number of Topliss-reactive ketones (excluding diaryl/α,β-unsaturated/α-hetero) is 2. The fraction of sp³-hybridized carbons (Fsp3) is 0.357. The summed E-state index contributed by atoms with van der Waals surface area (Å²) in [6.07, 6.45) is 0. The number of rotatable bonds is 6. The van der Waals surface area contributed by atoms with Crippen molar-refractivity contribution in [3.63, 3.8) is 0 Å². The number of imidazole rings is 1. The van der Waals surface area contributed by atoms with Gasteiger partial charge in [0, 0.05) is 19.1 Å². The molecule has 0 amide bonds. The molecule has 8 heteroatoms. The lowest BCUT2D eigenvalue weighted by atomic mass is 10.3. The normalized spacial score (nSPS) is 11.1. The van der Waals surface area contributed by atoms with Gasteiger partial charge in [-0.25, -0.2) is 9.13 Å². The second-order valence-corrected chi connectivity index (χ2v) is 6.17. The van der Waals surface area contributed by atoms with Gasteiger partial charge in [0.15, 0.2) is 35.7 Å². The summed E-state index contributed by atoms with van der Waals surface area (Å²) in [6, 6.07) is 3.35.